The molecule has 140 valence electrons. The molecule has 4 rings (SSSR count). The SMILES string of the molecule is Oc1c2c(nn1-c1cccc(C(F)(F)F)n1)CCN(Cc1ccccc1)C2. The van der Waals surface area contributed by atoms with Gasteiger partial charge in [-0.25, -0.2) is 4.98 Å². The van der Waals surface area contributed by atoms with Crippen LogP contribution in [0.5, 0.6) is 5.88 Å². The van der Waals surface area contributed by atoms with E-state index in [9.17, 15) is 18.3 Å². The minimum Gasteiger partial charge on any atom is -0.493 e. The Hall–Kier alpha value is -2.87. The van der Waals surface area contributed by atoms with Crippen molar-refractivity contribution in [3.63, 3.8) is 0 Å². The Morgan fingerprint density at radius 1 is 1.04 bits per heavy atom. The Bertz CT molecular complexity index is 953. The second kappa shape index (κ2) is 6.70. The van der Waals surface area contributed by atoms with E-state index in [0.29, 0.717) is 24.2 Å². The third-order valence-electron chi connectivity index (χ3n) is 4.58. The first-order valence-electron chi connectivity index (χ1n) is 8.52. The molecule has 0 saturated heterocycles. The van der Waals surface area contributed by atoms with Gasteiger partial charge in [0.05, 0.1) is 11.3 Å². The van der Waals surface area contributed by atoms with Crippen LogP contribution < -0.4 is 0 Å². The largest absolute Gasteiger partial charge is 0.493 e. The molecular formula is C19H17F3N4O. The minimum absolute atomic E-state index is 0.0497. The van der Waals surface area contributed by atoms with Crippen molar-refractivity contribution >= 4 is 0 Å². The van der Waals surface area contributed by atoms with Crippen LogP contribution in [0.15, 0.2) is 48.5 Å². The Kier molecular flexibility index (Phi) is 4.35. The third-order valence-corrected chi connectivity index (χ3v) is 4.58. The van der Waals surface area contributed by atoms with Gasteiger partial charge in [0, 0.05) is 26.1 Å². The van der Waals surface area contributed by atoms with Crippen LogP contribution in [0.3, 0.4) is 0 Å². The van der Waals surface area contributed by atoms with Crippen LogP contribution in [-0.4, -0.2) is 31.3 Å². The van der Waals surface area contributed by atoms with E-state index in [1.807, 2.05) is 30.3 Å². The lowest BCUT2D eigenvalue weighted by Gasteiger charge is -2.26. The molecule has 1 aliphatic rings. The summed E-state index contributed by atoms with van der Waals surface area (Å²) in [6, 6.07) is 13.5. The zero-order chi connectivity index (χ0) is 19.0. The van der Waals surface area contributed by atoms with Crippen molar-refractivity contribution in [3.8, 4) is 11.7 Å². The van der Waals surface area contributed by atoms with E-state index >= 15 is 0 Å². The number of aromatic hydroxyl groups is 1. The normalized spacial score (nSPS) is 14.9. The highest BCUT2D eigenvalue weighted by Gasteiger charge is 2.33. The van der Waals surface area contributed by atoms with Crippen molar-refractivity contribution in [2.75, 3.05) is 6.54 Å². The van der Waals surface area contributed by atoms with Gasteiger partial charge in [0.15, 0.2) is 5.82 Å². The fourth-order valence-electron chi connectivity index (χ4n) is 3.25. The quantitative estimate of drug-likeness (QED) is 0.762. The second-order valence-electron chi connectivity index (χ2n) is 6.49. The molecule has 0 unspecified atom stereocenters. The molecule has 0 amide bonds. The average molecular weight is 374 g/mol. The van der Waals surface area contributed by atoms with Crippen molar-refractivity contribution in [2.24, 2.45) is 0 Å². The summed E-state index contributed by atoms with van der Waals surface area (Å²) in [4.78, 5) is 5.78. The maximum Gasteiger partial charge on any atom is 0.433 e. The minimum atomic E-state index is -4.55. The second-order valence-corrected chi connectivity index (χ2v) is 6.49. The molecule has 0 fully saturated rings. The number of nitrogens with zero attached hydrogens (tertiary/aromatic N) is 4. The highest BCUT2D eigenvalue weighted by atomic mass is 19.4. The molecule has 0 spiro atoms. The van der Waals surface area contributed by atoms with Crippen LogP contribution in [0, 0.1) is 0 Å². The number of pyridine rings is 1. The van der Waals surface area contributed by atoms with E-state index in [2.05, 4.69) is 15.0 Å². The average Bonchev–Trinajstić information content (AvgIpc) is 2.98. The van der Waals surface area contributed by atoms with Gasteiger partial charge in [0.2, 0.25) is 5.88 Å². The standard InChI is InChI=1S/C19H17F3N4O/c20-19(21,22)16-7-4-8-17(23-16)26-18(27)14-12-25(10-9-15(14)24-26)11-13-5-2-1-3-6-13/h1-8,27H,9-12H2. The van der Waals surface area contributed by atoms with Gasteiger partial charge in [-0.15, -0.1) is 0 Å². The van der Waals surface area contributed by atoms with Crippen LogP contribution in [0.4, 0.5) is 13.2 Å². The van der Waals surface area contributed by atoms with Crippen molar-refractivity contribution in [1.82, 2.24) is 19.7 Å². The number of alkyl halides is 3. The molecule has 1 aromatic carbocycles. The van der Waals surface area contributed by atoms with Gasteiger partial charge in [0.1, 0.15) is 5.69 Å². The lowest BCUT2D eigenvalue weighted by atomic mass is 10.1. The molecule has 1 aliphatic heterocycles. The smallest absolute Gasteiger partial charge is 0.433 e. The van der Waals surface area contributed by atoms with E-state index in [1.165, 1.54) is 12.1 Å². The molecule has 0 radical (unpaired) electrons. The van der Waals surface area contributed by atoms with Gasteiger partial charge in [-0.2, -0.15) is 23.0 Å². The maximum atomic E-state index is 12.9. The summed E-state index contributed by atoms with van der Waals surface area (Å²) in [5.74, 6) is -0.207. The van der Waals surface area contributed by atoms with Crippen molar-refractivity contribution in [3.05, 3.63) is 71.0 Å². The molecule has 27 heavy (non-hydrogen) atoms. The van der Waals surface area contributed by atoms with Crippen LogP contribution in [0.25, 0.3) is 5.82 Å². The number of benzene rings is 1. The Morgan fingerprint density at radius 3 is 2.56 bits per heavy atom. The Labute approximate surface area is 153 Å². The number of aromatic nitrogens is 3. The fraction of sp³-hybridized carbons (Fsp3) is 0.263. The predicted molar refractivity (Wildman–Crippen MR) is 92.3 cm³/mol. The lowest BCUT2D eigenvalue weighted by Crippen LogP contribution is -2.29. The van der Waals surface area contributed by atoms with Gasteiger partial charge in [-0.1, -0.05) is 36.4 Å². The van der Waals surface area contributed by atoms with Crippen LogP contribution in [-0.2, 0) is 25.7 Å². The lowest BCUT2D eigenvalue weighted by molar-refractivity contribution is -0.141. The van der Waals surface area contributed by atoms with Gasteiger partial charge >= 0.3 is 6.18 Å². The molecule has 3 heterocycles. The van der Waals surface area contributed by atoms with E-state index in [-0.39, 0.29) is 11.7 Å². The van der Waals surface area contributed by atoms with Crippen molar-refractivity contribution < 1.29 is 18.3 Å². The summed E-state index contributed by atoms with van der Waals surface area (Å²) in [6.07, 6.45) is -3.94. The highest BCUT2D eigenvalue weighted by molar-refractivity contribution is 5.39. The highest BCUT2D eigenvalue weighted by Crippen LogP contribution is 2.32. The number of hydrogen-bond acceptors (Lipinski definition) is 4. The molecule has 3 aromatic rings. The topological polar surface area (TPSA) is 54.2 Å². The first-order valence-corrected chi connectivity index (χ1v) is 8.52. The number of halogens is 3. The van der Waals surface area contributed by atoms with Crippen LogP contribution >= 0.6 is 0 Å². The number of fused-ring (bicyclic) bond motifs is 1. The van der Waals surface area contributed by atoms with E-state index in [0.717, 1.165) is 29.4 Å². The predicted octanol–water partition coefficient (Wildman–Crippen LogP) is 3.55. The monoisotopic (exact) mass is 374 g/mol. The summed E-state index contributed by atoms with van der Waals surface area (Å²) in [5.41, 5.74) is 1.47. The van der Waals surface area contributed by atoms with Crippen molar-refractivity contribution in [1.29, 1.82) is 0 Å². The molecule has 5 nitrogen and oxygen atoms in total. The molecule has 8 heteroatoms. The van der Waals surface area contributed by atoms with E-state index in [1.54, 1.807) is 0 Å². The summed E-state index contributed by atoms with van der Waals surface area (Å²) in [6.45, 7) is 1.97. The summed E-state index contributed by atoms with van der Waals surface area (Å²) >= 11 is 0. The van der Waals surface area contributed by atoms with Gasteiger partial charge < -0.3 is 5.11 Å². The molecule has 0 atom stereocenters. The van der Waals surface area contributed by atoms with Crippen LogP contribution in [0.2, 0.25) is 0 Å². The van der Waals surface area contributed by atoms with Gasteiger partial charge in [-0.05, 0) is 17.7 Å². The fourth-order valence-corrected chi connectivity index (χ4v) is 3.25. The van der Waals surface area contributed by atoms with Crippen LogP contribution in [0.1, 0.15) is 22.5 Å². The Balaban J connectivity index is 1.61. The van der Waals surface area contributed by atoms with Gasteiger partial charge in [-0.3, -0.25) is 4.90 Å². The number of rotatable bonds is 3. The number of hydrogen-bond donors (Lipinski definition) is 1. The van der Waals surface area contributed by atoms with E-state index in [4.69, 9.17) is 0 Å². The molecule has 0 saturated carbocycles. The first-order chi connectivity index (χ1) is 12.9. The maximum absolute atomic E-state index is 12.9. The molecule has 2 aromatic heterocycles. The molecule has 1 N–H and O–H groups in total. The van der Waals surface area contributed by atoms with Crippen molar-refractivity contribution in [2.45, 2.75) is 25.7 Å². The first kappa shape index (κ1) is 17.5. The Morgan fingerprint density at radius 2 is 1.81 bits per heavy atom. The summed E-state index contributed by atoms with van der Waals surface area (Å²) in [7, 11) is 0. The van der Waals surface area contributed by atoms with Gasteiger partial charge in [0.25, 0.3) is 0 Å². The molecule has 0 bridgehead atoms. The summed E-state index contributed by atoms with van der Waals surface area (Å²) < 4.78 is 39.8. The zero-order valence-corrected chi connectivity index (χ0v) is 14.3. The molecular weight excluding hydrogens is 357 g/mol. The molecule has 0 aliphatic carbocycles. The summed E-state index contributed by atoms with van der Waals surface area (Å²) in [5, 5.41) is 14.9. The van der Waals surface area contributed by atoms with E-state index < -0.39 is 11.9 Å². The zero-order valence-electron chi connectivity index (χ0n) is 14.3. The third kappa shape index (κ3) is 3.52.